The molecule has 0 amide bonds. The molecule has 0 bridgehead atoms. The molecule has 1 saturated carbocycles. The molecule has 18 heavy (non-hydrogen) atoms. The zero-order chi connectivity index (χ0) is 12.4. The number of hydrogen-bond donors (Lipinski definition) is 1. The molecule has 0 spiro atoms. The molecular formula is C15H24N2S. The lowest BCUT2D eigenvalue weighted by atomic mass is 9.90. The number of aromatic nitrogens is 1. The minimum atomic E-state index is 0.209. The van der Waals surface area contributed by atoms with Gasteiger partial charge in [0.25, 0.3) is 0 Å². The van der Waals surface area contributed by atoms with Gasteiger partial charge in [0.2, 0.25) is 0 Å². The topological polar surface area (TPSA) is 24.9 Å². The van der Waals surface area contributed by atoms with Crippen LogP contribution in [0.4, 0.5) is 0 Å². The molecule has 2 aliphatic carbocycles. The fourth-order valence-electron chi connectivity index (χ4n) is 3.53. The number of fused-ring (bicyclic) bond motifs is 1. The quantitative estimate of drug-likeness (QED) is 0.840. The Bertz CT molecular complexity index is 381. The average Bonchev–Trinajstić information content (AvgIpc) is 2.87. The predicted octanol–water partition coefficient (Wildman–Crippen LogP) is 3.79. The average molecular weight is 264 g/mol. The maximum absolute atomic E-state index is 5.00. The van der Waals surface area contributed by atoms with Crippen molar-refractivity contribution in [2.24, 2.45) is 0 Å². The molecule has 1 fully saturated rings. The minimum Gasteiger partial charge on any atom is -0.306 e. The Labute approximate surface area is 114 Å². The Morgan fingerprint density at radius 2 is 1.89 bits per heavy atom. The van der Waals surface area contributed by atoms with Crippen LogP contribution in [0.25, 0.3) is 0 Å². The van der Waals surface area contributed by atoms with Gasteiger partial charge in [-0.25, -0.2) is 4.98 Å². The number of hydrogen-bond acceptors (Lipinski definition) is 3. The van der Waals surface area contributed by atoms with Crippen molar-refractivity contribution < 1.29 is 0 Å². The van der Waals surface area contributed by atoms with Crippen molar-refractivity contribution in [3.8, 4) is 0 Å². The Hall–Kier alpha value is -0.410. The van der Waals surface area contributed by atoms with Crippen molar-refractivity contribution in [2.45, 2.75) is 70.3 Å². The van der Waals surface area contributed by atoms with E-state index >= 15 is 0 Å². The molecule has 0 saturated heterocycles. The summed E-state index contributed by atoms with van der Waals surface area (Å²) in [6.45, 7) is 3.29. The van der Waals surface area contributed by atoms with Crippen molar-refractivity contribution >= 4 is 11.3 Å². The van der Waals surface area contributed by atoms with E-state index in [2.05, 4.69) is 12.2 Å². The van der Waals surface area contributed by atoms with Crippen LogP contribution in [0.5, 0.6) is 0 Å². The van der Waals surface area contributed by atoms with Crippen LogP contribution in [0.2, 0.25) is 0 Å². The lowest BCUT2D eigenvalue weighted by molar-refractivity contribution is 0.295. The summed E-state index contributed by atoms with van der Waals surface area (Å²) in [6.07, 6.45) is 11.9. The van der Waals surface area contributed by atoms with Crippen molar-refractivity contribution in [3.63, 3.8) is 0 Å². The van der Waals surface area contributed by atoms with Crippen LogP contribution in [-0.2, 0) is 18.4 Å². The molecule has 100 valence electrons. The van der Waals surface area contributed by atoms with Gasteiger partial charge >= 0.3 is 0 Å². The molecule has 0 radical (unpaired) electrons. The summed E-state index contributed by atoms with van der Waals surface area (Å²) in [4.78, 5) is 6.58. The van der Waals surface area contributed by atoms with E-state index in [0.29, 0.717) is 0 Å². The van der Waals surface area contributed by atoms with E-state index in [1.165, 1.54) is 68.5 Å². The zero-order valence-electron chi connectivity index (χ0n) is 11.4. The van der Waals surface area contributed by atoms with E-state index in [1.54, 1.807) is 4.88 Å². The van der Waals surface area contributed by atoms with E-state index < -0.39 is 0 Å². The summed E-state index contributed by atoms with van der Waals surface area (Å²) in [5.74, 6) is 0. The normalized spacial score (nSPS) is 22.7. The van der Waals surface area contributed by atoms with Crippen LogP contribution in [-0.4, -0.2) is 11.5 Å². The van der Waals surface area contributed by atoms with Crippen LogP contribution in [0.3, 0.4) is 0 Å². The first-order chi connectivity index (χ1) is 8.84. The lowest BCUT2D eigenvalue weighted by Crippen LogP contribution is -2.41. The van der Waals surface area contributed by atoms with Crippen molar-refractivity contribution in [3.05, 3.63) is 15.6 Å². The molecular weight excluding hydrogens is 240 g/mol. The second-order valence-corrected chi connectivity index (χ2v) is 6.85. The molecule has 1 N–H and O–H groups in total. The molecule has 0 aromatic carbocycles. The molecule has 2 nitrogen and oxygen atoms in total. The first-order valence-electron chi connectivity index (χ1n) is 7.58. The third kappa shape index (κ3) is 2.23. The Kier molecular flexibility index (Phi) is 3.71. The number of nitrogens with zero attached hydrogens (tertiary/aromatic N) is 1. The number of aryl methyl sites for hydroxylation is 2. The molecule has 1 aromatic heterocycles. The van der Waals surface area contributed by atoms with Gasteiger partial charge in [-0.1, -0.05) is 32.6 Å². The van der Waals surface area contributed by atoms with E-state index in [-0.39, 0.29) is 5.54 Å². The maximum Gasteiger partial charge on any atom is 0.113 e. The van der Waals surface area contributed by atoms with Crippen molar-refractivity contribution in [1.82, 2.24) is 10.3 Å². The third-order valence-corrected chi connectivity index (χ3v) is 5.84. The maximum atomic E-state index is 5.00. The number of thiazole rings is 1. The minimum absolute atomic E-state index is 0.209. The second-order valence-electron chi connectivity index (χ2n) is 5.77. The largest absolute Gasteiger partial charge is 0.306 e. The summed E-state index contributed by atoms with van der Waals surface area (Å²) in [7, 11) is 0. The first kappa shape index (κ1) is 12.6. The SMILES string of the molecule is CCNC1(c2nc3c(s2)CCC3)CCCCCC1. The van der Waals surface area contributed by atoms with Crippen LogP contribution in [0, 0.1) is 0 Å². The van der Waals surface area contributed by atoms with E-state index in [1.807, 2.05) is 11.3 Å². The Morgan fingerprint density at radius 1 is 1.11 bits per heavy atom. The fourth-order valence-corrected chi connectivity index (χ4v) is 4.90. The van der Waals surface area contributed by atoms with Crippen molar-refractivity contribution in [1.29, 1.82) is 0 Å². The standard InChI is InChI=1S/C15H24N2S/c1-2-16-15(10-5-3-4-6-11-15)14-17-12-8-7-9-13(12)18-14/h16H,2-11H2,1H3. The van der Waals surface area contributed by atoms with Crippen LogP contribution < -0.4 is 5.32 Å². The predicted molar refractivity (Wildman–Crippen MR) is 77.2 cm³/mol. The highest BCUT2D eigenvalue weighted by molar-refractivity contribution is 7.12. The highest BCUT2D eigenvalue weighted by atomic mass is 32.1. The van der Waals surface area contributed by atoms with E-state index in [9.17, 15) is 0 Å². The monoisotopic (exact) mass is 264 g/mol. The summed E-state index contributed by atoms with van der Waals surface area (Å²) in [6, 6.07) is 0. The van der Waals surface area contributed by atoms with Crippen LogP contribution in [0.15, 0.2) is 0 Å². The highest BCUT2D eigenvalue weighted by Gasteiger charge is 2.36. The van der Waals surface area contributed by atoms with Gasteiger partial charge in [0, 0.05) is 4.88 Å². The Balaban J connectivity index is 1.91. The molecule has 0 aliphatic heterocycles. The van der Waals surface area contributed by atoms with E-state index in [4.69, 9.17) is 4.98 Å². The number of rotatable bonds is 3. The molecule has 1 aromatic rings. The van der Waals surface area contributed by atoms with E-state index in [0.717, 1.165) is 6.54 Å². The van der Waals surface area contributed by atoms with Crippen LogP contribution >= 0.6 is 11.3 Å². The van der Waals surface area contributed by atoms with Gasteiger partial charge in [-0.3, -0.25) is 0 Å². The van der Waals surface area contributed by atoms with Gasteiger partial charge in [0.1, 0.15) is 5.01 Å². The van der Waals surface area contributed by atoms with Gasteiger partial charge < -0.3 is 5.32 Å². The third-order valence-electron chi connectivity index (χ3n) is 4.48. The fraction of sp³-hybridized carbons (Fsp3) is 0.800. The smallest absolute Gasteiger partial charge is 0.113 e. The molecule has 2 aliphatic rings. The van der Waals surface area contributed by atoms with Gasteiger partial charge in [-0.2, -0.15) is 0 Å². The second kappa shape index (κ2) is 5.30. The summed E-state index contributed by atoms with van der Waals surface area (Å²) >= 11 is 2.00. The highest BCUT2D eigenvalue weighted by Crippen LogP contribution is 2.40. The summed E-state index contributed by atoms with van der Waals surface area (Å²) < 4.78 is 0. The summed E-state index contributed by atoms with van der Waals surface area (Å²) in [5.41, 5.74) is 1.62. The first-order valence-corrected chi connectivity index (χ1v) is 8.40. The zero-order valence-corrected chi connectivity index (χ0v) is 12.2. The van der Waals surface area contributed by atoms with Crippen molar-refractivity contribution in [2.75, 3.05) is 6.54 Å². The van der Waals surface area contributed by atoms with Gasteiger partial charge in [0.05, 0.1) is 11.2 Å². The Morgan fingerprint density at radius 3 is 2.56 bits per heavy atom. The van der Waals surface area contributed by atoms with Gasteiger partial charge in [-0.05, 0) is 38.6 Å². The lowest BCUT2D eigenvalue weighted by Gasteiger charge is -2.31. The molecule has 3 heteroatoms. The van der Waals surface area contributed by atoms with Crippen LogP contribution in [0.1, 0.15) is 67.4 Å². The summed E-state index contributed by atoms with van der Waals surface area (Å²) in [5, 5.41) is 5.19. The molecule has 3 rings (SSSR count). The van der Waals surface area contributed by atoms with Gasteiger partial charge in [-0.15, -0.1) is 11.3 Å². The number of nitrogens with one attached hydrogen (secondary N) is 1. The molecule has 0 unspecified atom stereocenters. The molecule has 1 heterocycles. The molecule has 0 atom stereocenters. The van der Waals surface area contributed by atoms with Gasteiger partial charge in [0.15, 0.2) is 0 Å².